The molecule has 3 rings (SSSR count). The molecule has 0 saturated carbocycles. The Labute approximate surface area is 107 Å². The van der Waals surface area contributed by atoms with E-state index in [2.05, 4.69) is 33.7 Å². The molecule has 0 radical (unpaired) electrons. The molecule has 3 heterocycles. The van der Waals surface area contributed by atoms with Crippen molar-refractivity contribution in [1.82, 2.24) is 19.9 Å². The number of hydrogen-bond donors (Lipinski definition) is 1. The molecule has 2 aromatic rings. The normalized spacial score (nSPS) is 21.2. The highest BCUT2D eigenvalue weighted by Gasteiger charge is 2.27. The van der Waals surface area contributed by atoms with Crippen molar-refractivity contribution in [1.29, 1.82) is 0 Å². The van der Waals surface area contributed by atoms with Gasteiger partial charge in [0.1, 0.15) is 5.82 Å². The standard InChI is InChI=1S/C14H20N4/c1-10(2)18-8-4-5-11(18)9-13-16-12-6-3-7-15-14(12)17-13/h3,6-7,10-11H,4-5,8-9H2,1-2H3,(H,15,16,17). The smallest absolute Gasteiger partial charge is 0.177 e. The van der Waals surface area contributed by atoms with Gasteiger partial charge in [-0.25, -0.2) is 9.97 Å². The van der Waals surface area contributed by atoms with Crippen molar-refractivity contribution in [2.45, 2.75) is 45.2 Å². The molecule has 96 valence electrons. The number of aromatic amines is 1. The highest BCUT2D eigenvalue weighted by Crippen LogP contribution is 2.23. The Balaban J connectivity index is 1.79. The lowest BCUT2D eigenvalue weighted by atomic mass is 10.1. The first-order chi connectivity index (χ1) is 8.74. The van der Waals surface area contributed by atoms with Crippen LogP contribution in [0.25, 0.3) is 11.2 Å². The van der Waals surface area contributed by atoms with Crippen LogP contribution in [0.5, 0.6) is 0 Å². The third-order valence-electron chi connectivity index (χ3n) is 3.82. The molecule has 1 atom stereocenters. The molecule has 4 nitrogen and oxygen atoms in total. The van der Waals surface area contributed by atoms with Gasteiger partial charge in [0.25, 0.3) is 0 Å². The fourth-order valence-electron chi connectivity index (χ4n) is 2.97. The molecule has 0 amide bonds. The second-order valence-corrected chi connectivity index (χ2v) is 5.39. The second-order valence-electron chi connectivity index (χ2n) is 5.39. The number of pyridine rings is 1. The molecule has 1 N–H and O–H groups in total. The van der Waals surface area contributed by atoms with Gasteiger partial charge in [-0.3, -0.25) is 4.90 Å². The minimum Gasteiger partial charge on any atom is -0.341 e. The van der Waals surface area contributed by atoms with Gasteiger partial charge < -0.3 is 4.98 Å². The summed E-state index contributed by atoms with van der Waals surface area (Å²) in [6, 6.07) is 5.24. The maximum absolute atomic E-state index is 4.58. The Kier molecular flexibility index (Phi) is 3.04. The largest absolute Gasteiger partial charge is 0.341 e. The van der Waals surface area contributed by atoms with Crippen LogP contribution < -0.4 is 0 Å². The fraction of sp³-hybridized carbons (Fsp3) is 0.571. The maximum atomic E-state index is 4.58. The molecule has 18 heavy (non-hydrogen) atoms. The number of likely N-dealkylation sites (tertiary alicyclic amines) is 1. The van der Waals surface area contributed by atoms with E-state index in [4.69, 9.17) is 0 Å². The van der Waals surface area contributed by atoms with E-state index in [0.29, 0.717) is 12.1 Å². The Morgan fingerprint density at radius 1 is 1.50 bits per heavy atom. The number of aromatic nitrogens is 3. The van der Waals surface area contributed by atoms with Gasteiger partial charge in [0, 0.05) is 24.7 Å². The van der Waals surface area contributed by atoms with Crippen LogP contribution in [-0.2, 0) is 6.42 Å². The number of imidazole rings is 1. The SMILES string of the molecule is CC(C)N1CCCC1Cc1nc2ncccc2[nH]1. The van der Waals surface area contributed by atoms with Crippen LogP contribution in [0.15, 0.2) is 18.3 Å². The van der Waals surface area contributed by atoms with Gasteiger partial charge in [-0.15, -0.1) is 0 Å². The first kappa shape index (κ1) is 11.7. The lowest BCUT2D eigenvalue weighted by Gasteiger charge is -2.27. The van der Waals surface area contributed by atoms with Crippen molar-refractivity contribution < 1.29 is 0 Å². The van der Waals surface area contributed by atoms with E-state index in [1.54, 1.807) is 6.20 Å². The first-order valence-corrected chi connectivity index (χ1v) is 6.79. The van der Waals surface area contributed by atoms with Gasteiger partial charge in [-0.2, -0.15) is 0 Å². The van der Waals surface area contributed by atoms with E-state index in [1.165, 1.54) is 19.4 Å². The molecular weight excluding hydrogens is 224 g/mol. The van der Waals surface area contributed by atoms with Crippen LogP contribution in [0.2, 0.25) is 0 Å². The van der Waals surface area contributed by atoms with Gasteiger partial charge in [0.2, 0.25) is 0 Å². The van der Waals surface area contributed by atoms with Gasteiger partial charge in [-0.05, 0) is 45.4 Å². The number of nitrogens with one attached hydrogen (secondary N) is 1. The molecule has 1 saturated heterocycles. The lowest BCUT2D eigenvalue weighted by molar-refractivity contribution is 0.201. The third-order valence-corrected chi connectivity index (χ3v) is 3.82. The third kappa shape index (κ3) is 2.12. The van der Waals surface area contributed by atoms with Crippen molar-refractivity contribution in [3.05, 3.63) is 24.2 Å². The summed E-state index contributed by atoms with van der Waals surface area (Å²) in [6.07, 6.45) is 5.39. The predicted molar refractivity (Wildman–Crippen MR) is 72.5 cm³/mol. The van der Waals surface area contributed by atoms with Gasteiger partial charge in [0.05, 0.1) is 5.52 Å². The molecular formula is C14H20N4. The molecule has 1 unspecified atom stereocenters. The lowest BCUT2D eigenvalue weighted by Crippen LogP contribution is -2.36. The van der Waals surface area contributed by atoms with Gasteiger partial charge in [-0.1, -0.05) is 0 Å². The molecule has 4 heteroatoms. The quantitative estimate of drug-likeness (QED) is 0.901. The zero-order valence-electron chi connectivity index (χ0n) is 11.1. The Morgan fingerprint density at radius 2 is 2.39 bits per heavy atom. The van der Waals surface area contributed by atoms with E-state index < -0.39 is 0 Å². The van der Waals surface area contributed by atoms with E-state index in [-0.39, 0.29) is 0 Å². The summed E-state index contributed by atoms with van der Waals surface area (Å²) in [5.41, 5.74) is 1.88. The van der Waals surface area contributed by atoms with E-state index in [9.17, 15) is 0 Å². The molecule has 1 fully saturated rings. The number of H-pyrrole nitrogens is 1. The van der Waals surface area contributed by atoms with Crippen molar-refractivity contribution >= 4 is 11.2 Å². The highest BCUT2D eigenvalue weighted by molar-refractivity contribution is 5.69. The topological polar surface area (TPSA) is 44.8 Å². The Morgan fingerprint density at radius 3 is 3.17 bits per heavy atom. The zero-order chi connectivity index (χ0) is 12.5. The van der Waals surface area contributed by atoms with Crippen molar-refractivity contribution in [3.63, 3.8) is 0 Å². The Hall–Kier alpha value is -1.42. The summed E-state index contributed by atoms with van der Waals surface area (Å²) in [5.74, 6) is 1.07. The molecule has 0 bridgehead atoms. The van der Waals surface area contributed by atoms with Crippen LogP contribution >= 0.6 is 0 Å². The highest BCUT2D eigenvalue weighted by atomic mass is 15.2. The molecule has 0 aliphatic carbocycles. The molecule has 1 aliphatic heterocycles. The number of hydrogen-bond acceptors (Lipinski definition) is 3. The average Bonchev–Trinajstić information content (AvgIpc) is 2.94. The molecule has 0 aromatic carbocycles. The van der Waals surface area contributed by atoms with E-state index in [0.717, 1.165) is 23.4 Å². The average molecular weight is 244 g/mol. The summed E-state index contributed by atoms with van der Waals surface area (Å²) in [5, 5.41) is 0. The minimum absolute atomic E-state index is 0.625. The van der Waals surface area contributed by atoms with E-state index >= 15 is 0 Å². The summed E-state index contributed by atoms with van der Waals surface area (Å²) < 4.78 is 0. The minimum atomic E-state index is 0.625. The molecule has 0 spiro atoms. The summed E-state index contributed by atoms with van der Waals surface area (Å²) in [6.45, 7) is 5.78. The predicted octanol–water partition coefficient (Wildman–Crippen LogP) is 2.37. The maximum Gasteiger partial charge on any atom is 0.177 e. The van der Waals surface area contributed by atoms with Gasteiger partial charge >= 0.3 is 0 Å². The van der Waals surface area contributed by atoms with Crippen molar-refractivity contribution in [2.75, 3.05) is 6.54 Å². The number of fused-ring (bicyclic) bond motifs is 1. The van der Waals surface area contributed by atoms with Crippen molar-refractivity contribution in [2.24, 2.45) is 0 Å². The van der Waals surface area contributed by atoms with Crippen LogP contribution in [-0.4, -0.2) is 38.5 Å². The monoisotopic (exact) mass is 244 g/mol. The Bertz CT molecular complexity index is 498. The van der Waals surface area contributed by atoms with Crippen molar-refractivity contribution in [3.8, 4) is 0 Å². The van der Waals surface area contributed by atoms with Crippen LogP contribution in [0, 0.1) is 0 Å². The van der Waals surface area contributed by atoms with E-state index in [1.807, 2.05) is 12.1 Å². The zero-order valence-corrected chi connectivity index (χ0v) is 11.1. The fourth-order valence-corrected chi connectivity index (χ4v) is 2.97. The van der Waals surface area contributed by atoms with Crippen LogP contribution in [0.3, 0.4) is 0 Å². The summed E-state index contributed by atoms with van der Waals surface area (Å²) >= 11 is 0. The summed E-state index contributed by atoms with van der Waals surface area (Å²) in [4.78, 5) is 14.8. The molecule has 1 aliphatic rings. The number of nitrogens with zero attached hydrogens (tertiary/aromatic N) is 3. The summed E-state index contributed by atoms with van der Waals surface area (Å²) in [7, 11) is 0. The second kappa shape index (κ2) is 4.69. The van der Waals surface area contributed by atoms with Crippen LogP contribution in [0.1, 0.15) is 32.5 Å². The first-order valence-electron chi connectivity index (χ1n) is 6.79. The van der Waals surface area contributed by atoms with Gasteiger partial charge in [0.15, 0.2) is 5.65 Å². The number of rotatable bonds is 3. The van der Waals surface area contributed by atoms with Crippen LogP contribution in [0.4, 0.5) is 0 Å². The molecule has 2 aromatic heterocycles.